The van der Waals surface area contributed by atoms with Crippen LogP contribution in [0.1, 0.15) is 11.1 Å². The second-order valence-electron chi connectivity index (χ2n) is 7.16. The first-order chi connectivity index (χ1) is 16.0. The van der Waals surface area contributed by atoms with Crippen LogP contribution in [0.4, 0.5) is 0 Å². The Balaban J connectivity index is 1.85. The summed E-state index contributed by atoms with van der Waals surface area (Å²) in [6, 6.07) is 17.5. The van der Waals surface area contributed by atoms with Gasteiger partial charge in [0, 0.05) is 21.2 Å². The first-order valence-electron chi connectivity index (χ1n) is 9.58. The number of hydrogen-bond acceptors (Lipinski definition) is 4. The molecule has 0 fully saturated rings. The van der Waals surface area contributed by atoms with E-state index in [4.69, 9.17) is 46.4 Å². The average Bonchev–Trinajstić information content (AvgIpc) is 2.80. The van der Waals surface area contributed by atoms with Crippen molar-refractivity contribution in [3.63, 3.8) is 0 Å². The van der Waals surface area contributed by atoms with E-state index < -0.39 is 30.8 Å². The second-order valence-corrected chi connectivity index (χ2v) is 12.2. The summed E-state index contributed by atoms with van der Waals surface area (Å²) in [7, 11) is -8.32. The van der Waals surface area contributed by atoms with Crippen molar-refractivity contribution in [2.24, 2.45) is 8.80 Å². The largest absolute Gasteiger partial charge is 0.282 e. The Morgan fingerprint density at radius 1 is 0.559 bits per heavy atom. The molecular formula is C22H14Cl4N2O4S2. The summed E-state index contributed by atoms with van der Waals surface area (Å²) in [5.74, 6) is 0. The van der Waals surface area contributed by atoms with Gasteiger partial charge >= 0.3 is 0 Å². The molecule has 0 aliphatic heterocycles. The van der Waals surface area contributed by atoms with E-state index in [9.17, 15) is 16.8 Å². The highest BCUT2D eigenvalue weighted by atomic mass is 35.5. The topological polar surface area (TPSA) is 93.0 Å². The molecule has 0 N–H and O–H groups in total. The molecule has 0 saturated carbocycles. The summed E-state index contributed by atoms with van der Waals surface area (Å²) >= 11 is 24.7. The Bertz CT molecular complexity index is 1400. The number of sulfonamides is 2. The van der Waals surface area contributed by atoms with Gasteiger partial charge in [-0.25, -0.2) is 0 Å². The molecule has 0 saturated heterocycles. The molecule has 0 spiro atoms. The fourth-order valence-corrected chi connectivity index (χ4v) is 6.33. The van der Waals surface area contributed by atoms with Gasteiger partial charge in [-0.15, -0.1) is 23.2 Å². The third kappa shape index (κ3) is 5.03. The summed E-state index contributed by atoms with van der Waals surface area (Å²) < 4.78 is 59.6. The lowest BCUT2D eigenvalue weighted by Crippen LogP contribution is -2.40. The van der Waals surface area contributed by atoms with Crippen LogP contribution >= 0.6 is 46.4 Å². The quantitative estimate of drug-likeness (QED) is 0.380. The molecule has 2 atom stereocenters. The van der Waals surface area contributed by atoms with Crippen LogP contribution in [0.5, 0.6) is 0 Å². The highest BCUT2D eigenvalue weighted by Gasteiger charge is 2.38. The van der Waals surface area contributed by atoms with Crippen LogP contribution in [0.2, 0.25) is 10.0 Å². The number of fused-ring (bicyclic) bond motifs is 1. The summed E-state index contributed by atoms with van der Waals surface area (Å²) in [5, 5.41) is -1.63. The molecular weight excluding hydrogens is 562 g/mol. The van der Waals surface area contributed by atoms with Gasteiger partial charge in [0.25, 0.3) is 20.0 Å². The monoisotopic (exact) mass is 574 g/mol. The van der Waals surface area contributed by atoms with Gasteiger partial charge in [0.15, 0.2) is 0 Å². The Hall–Kier alpha value is -1.94. The van der Waals surface area contributed by atoms with E-state index >= 15 is 0 Å². The first-order valence-corrected chi connectivity index (χ1v) is 14.1. The van der Waals surface area contributed by atoms with Crippen molar-refractivity contribution in [2.45, 2.75) is 20.5 Å². The van der Waals surface area contributed by atoms with Crippen LogP contribution < -0.4 is 0 Å². The van der Waals surface area contributed by atoms with Crippen LogP contribution in [0.15, 0.2) is 91.4 Å². The SMILES string of the molecule is O=S(=O)(N=C1c2ccccc2C(=NS(=O)(=O)c2ccc(Cl)cc2)[C@H](Cl)[C@@H]1Cl)c1ccc(Cl)cc1. The molecule has 34 heavy (non-hydrogen) atoms. The molecule has 0 aromatic heterocycles. The normalized spacial score (nSPS) is 20.9. The maximum Gasteiger partial charge on any atom is 0.282 e. The number of rotatable bonds is 4. The predicted octanol–water partition coefficient (Wildman–Crippen LogP) is 5.58. The van der Waals surface area contributed by atoms with Crippen LogP contribution in [-0.4, -0.2) is 39.0 Å². The van der Waals surface area contributed by atoms with E-state index in [0.29, 0.717) is 21.2 Å². The van der Waals surface area contributed by atoms with Crippen LogP contribution in [-0.2, 0) is 20.0 Å². The highest BCUT2D eigenvalue weighted by molar-refractivity contribution is 7.90. The Labute approximate surface area is 217 Å². The van der Waals surface area contributed by atoms with Crippen molar-refractivity contribution in [1.82, 2.24) is 0 Å². The molecule has 0 amide bonds. The molecule has 3 aromatic carbocycles. The summed E-state index contributed by atoms with van der Waals surface area (Å²) in [5.41, 5.74) is 0.578. The highest BCUT2D eigenvalue weighted by Crippen LogP contribution is 2.32. The van der Waals surface area contributed by atoms with Crippen molar-refractivity contribution in [2.75, 3.05) is 0 Å². The van der Waals surface area contributed by atoms with Crippen molar-refractivity contribution < 1.29 is 16.8 Å². The van der Waals surface area contributed by atoms with E-state index in [1.54, 1.807) is 24.3 Å². The molecule has 176 valence electrons. The van der Waals surface area contributed by atoms with Crippen molar-refractivity contribution in [3.05, 3.63) is 94.0 Å². The lowest BCUT2D eigenvalue weighted by atomic mass is 9.88. The van der Waals surface area contributed by atoms with Crippen LogP contribution in [0.3, 0.4) is 0 Å². The molecule has 1 aliphatic carbocycles. The molecule has 0 heterocycles. The number of alkyl halides is 2. The van der Waals surface area contributed by atoms with E-state index in [2.05, 4.69) is 8.80 Å². The molecule has 0 radical (unpaired) electrons. The molecule has 1 aliphatic rings. The van der Waals surface area contributed by atoms with E-state index in [1.165, 1.54) is 48.5 Å². The van der Waals surface area contributed by atoms with Gasteiger partial charge in [-0.2, -0.15) is 25.6 Å². The third-order valence-corrected chi connectivity index (χ3v) is 9.08. The maximum atomic E-state index is 12.9. The Morgan fingerprint density at radius 3 is 1.21 bits per heavy atom. The maximum absolute atomic E-state index is 12.9. The summed E-state index contributed by atoms with van der Waals surface area (Å²) in [6.45, 7) is 0. The molecule has 6 nitrogen and oxygen atoms in total. The van der Waals surface area contributed by atoms with Crippen molar-refractivity contribution >= 4 is 77.9 Å². The van der Waals surface area contributed by atoms with Gasteiger partial charge in [-0.3, -0.25) is 0 Å². The number of nitrogens with zero attached hydrogens (tertiary/aromatic N) is 2. The molecule has 0 bridgehead atoms. The third-order valence-electron chi connectivity index (χ3n) is 4.92. The number of hydrogen-bond donors (Lipinski definition) is 0. The first kappa shape index (κ1) is 25.2. The fraction of sp³-hybridized carbons (Fsp3) is 0.0909. The zero-order valence-corrected chi connectivity index (χ0v) is 21.6. The summed E-state index contributed by atoms with van der Waals surface area (Å²) in [4.78, 5) is -0.164. The predicted molar refractivity (Wildman–Crippen MR) is 136 cm³/mol. The fourth-order valence-electron chi connectivity index (χ4n) is 3.28. The molecule has 4 rings (SSSR count). The lowest BCUT2D eigenvalue weighted by Gasteiger charge is -2.28. The van der Waals surface area contributed by atoms with E-state index in [-0.39, 0.29) is 21.2 Å². The van der Waals surface area contributed by atoms with E-state index in [0.717, 1.165) is 0 Å². The van der Waals surface area contributed by atoms with Gasteiger partial charge < -0.3 is 0 Å². The Morgan fingerprint density at radius 2 is 0.882 bits per heavy atom. The summed E-state index contributed by atoms with van der Waals surface area (Å²) in [6.07, 6.45) is 0. The molecule has 12 heteroatoms. The number of benzene rings is 3. The zero-order chi connectivity index (χ0) is 24.7. The average molecular weight is 576 g/mol. The van der Waals surface area contributed by atoms with Crippen LogP contribution in [0.25, 0.3) is 0 Å². The molecule has 0 unspecified atom stereocenters. The minimum absolute atomic E-state index is 0.0185. The lowest BCUT2D eigenvalue weighted by molar-refractivity contribution is 0.596. The number of halogens is 4. The second kappa shape index (κ2) is 9.60. The van der Waals surface area contributed by atoms with Gasteiger partial charge in [-0.05, 0) is 48.5 Å². The van der Waals surface area contributed by atoms with Crippen molar-refractivity contribution in [1.29, 1.82) is 0 Å². The minimum Gasteiger partial charge on any atom is -0.199 e. The van der Waals surface area contributed by atoms with Crippen LogP contribution in [0, 0.1) is 0 Å². The van der Waals surface area contributed by atoms with E-state index in [1.807, 2.05) is 0 Å². The van der Waals surface area contributed by atoms with Gasteiger partial charge in [0.05, 0.1) is 32.0 Å². The van der Waals surface area contributed by atoms with Gasteiger partial charge in [-0.1, -0.05) is 47.5 Å². The van der Waals surface area contributed by atoms with Crippen molar-refractivity contribution in [3.8, 4) is 0 Å². The molecule has 3 aromatic rings. The smallest absolute Gasteiger partial charge is 0.199 e. The standard InChI is InChI=1S/C22H14Cl4N2O4S2/c23-13-5-9-15(10-6-13)33(29,30)27-21-17-3-1-2-4-18(17)22(20(26)19(21)25)28-34(31,32)16-11-7-14(24)8-12-16/h1-12,19-20H/t19-,20+. The zero-order valence-electron chi connectivity index (χ0n) is 16.9. The Kier molecular flexibility index (Phi) is 7.11. The van der Waals surface area contributed by atoms with Gasteiger partial charge in [0.2, 0.25) is 0 Å². The van der Waals surface area contributed by atoms with Gasteiger partial charge in [0.1, 0.15) is 0 Å². The minimum atomic E-state index is -4.16.